The fourth-order valence-corrected chi connectivity index (χ4v) is 3.87. The zero-order valence-electron chi connectivity index (χ0n) is 16.7. The first-order valence-corrected chi connectivity index (χ1v) is 10.3. The van der Waals surface area contributed by atoms with E-state index in [1.54, 1.807) is 12.3 Å². The second-order valence-corrected chi connectivity index (χ2v) is 8.17. The number of aromatic amines is 1. The van der Waals surface area contributed by atoms with Crippen molar-refractivity contribution < 1.29 is 18.7 Å². The molecule has 7 heteroatoms. The summed E-state index contributed by atoms with van der Waals surface area (Å²) >= 11 is 0. The molecule has 0 radical (unpaired) electrons. The number of benzene rings is 1. The number of amides is 1. The minimum absolute atomic E-state index is 0.0771. The van der Waals surface area contributed by atoms with Gasteiger partial charge in [-0.1, -0.05) is 0 Å². The van der Waals surface area contributed by atoms with E-state index in [0.29, 0.717) is 24.7 Å². The molecule has 0 aliphatic heterocycles. The lowest BCUT2D eigenvalue weighted by atomic mass is 10.1. The number of nitrogens with zero attached hydrogens (tertiary/aromatic N) is 1. The van der Waals surface area contributed by atoms with Crippen LogP contribution in [0.2, 0.25) is 0 Å². The Morgan fingerprint density at radius 2 is 2.20 bits per heavy atom. The van der Waals surface area contributed by atoms with Crippen LogP contribution in [0.15, 0.2) is 42.7 Å². The third kappa shape index (κ3) is 4.03. The maximum atomic E-state index is 13.5. The number of H-pyrrole nitrogens is 1. The quantitative estimate of drug-likeness (QED) is 0.526. The van der Waals surface area contributed by atoms with Crippen molar-refractivity contribution in [1.82, 2.24) is 15.3 Å². The second-order valence-electron chi connectivity index (χ2n) is 8.17. The first-order chi connectivity index (χ1) is 14.6. The zero-order chi connectivity index (χ0) is 20.7. The van der Waals surface area contributed by atoms with Crippen molar-refractivity contribution in [3.63, 3.8) is 0 Å². The molecule has 5 rings (SSSR count). The topological polar surface area (TPSA) is 76.2 Å². The number of halogens is 1. The van der Waals surface area contributed by atoms with E-state index in [9.17, 15) is 9.18 Å². The number of nitrogens with one attached hydrogen (secondary N) is 2. The van der Waals surface area contributed by atoms with E-state index in [0.717, 1.165) is 34.0 Å². The number of aromatic nitrogens is 2. The minimum Gasteiger partial charge on any atom is -0.466 e. The third-order valence-corrected chi connectivity index (χ3v) is 6.01. The summed E-state index contributed by atoms with van der Waals surface area (Å²) in [4.78, 5) is 19.9. The molecule has 156 valence electrons. The van der Waals surface area contributed by atoms with Gasteiger partial charge in [0.15, 0.2) is 6.79 Å². The summed E-state index contributed by atoms with van der Waals surface area (Å²) in [5, 5.41) is 3.78. The van der Waals surface area contributed by atoms with E-state index in [1.807, 2.05) is 25.3 Å². The molecule has 3 atom stereocenters. The summed E-state index contributed by atoms with van der Waals surface area (Å²) in [6.07, 6.45) is 6.05. The molecule has 2 aromatic heterocycles. The minimum atomic E-state index is -0.282. The molecular weight excluding hydrogens is 385 g/mol. The van der Waals surface area contributed by atoms with Crippen molar-refractivity contribution in [1.29, 1.82) is 0 Å². The average molecular weight is 409 g/mol. The predicted octanol–water partition coefficient (Wildman–Crippen LogP) is 3.88. The molecule has 6 nitrogen and oxygen atoms in total. The highest BCUT2D eigenvalue weighted by atomic mass is 19.1. The highest BCUT2D eigenvalue weighted by Crippen LogP contribution is 2.64. The van der Waals surface area contributed by atoms with Crippen LogP contribution in [-0.2, 0) is 16.0 Å². The van der Waals surface area contributed by atoms with Crippen LogP contribution >= 0.6 is 0 Å². The maximum absolute atomic E-state index is 13.5. The van der Waals surface area contributed by atoms with Crippen molar-refractivity contribution >= 4 is 16.8 Å². The largest absolute Gasteiger partial charge is 0.466 e. The smallest absolute Gasteiger partial charge is 0.220 e. The molecular formula is C23H24FN3O3. The van der Waals surface area contributed by atoms with Crippen LogP contribution in [0.25, 0.3) is 10.9 Å². The van der Waals surface area contributed by atoms with Gasteiger partial charge >= 0.3 is 0 Å². The lowest BCUT2D eigenvalue weighted by Gasteiger charge is -2.14. The van der Waals surface area contributed by atoms with Crippen LogP contribution < -0.4 is 10.1 Å². The van der Waals surface area contributed by atoms with Crippen molar-refractivity contribution in [3.8, 4) is 5.75 Å². The molecule has 3 aromatic rings. The van der Waals surface area contributed by atoms with E-state index in [-0.39, 0.29) is 24.6 Å². The van der Waals surface area contributed by atoms with Gasteiger partial charge in [0.25, 0.3) is 0 Å². The monoisotopic (exact) mass is 409 g/mol. The Balaban J connectivity index is 1.09. The summed E-state index contributed by atoms with van der Waals surface area (Å²) in [6, 6.07) is 8.08. The van der Waals surface area contributed by atoms with E-state index < -0.39 is 0 Å². The maximum Gasteiger partial charge on any atom is 0.220 e. The lowest BCUT2D eigenvalue weighted by molar-refractivity contribution is -0.121. The Morgan fingerprint density at radius 3 is 2.93 bits per heavy atom. The number of hydrogen-bond donors (Lipinski definition) is 2. The number of carbonyl (C=O) groups excluding carboxylic acids is 1. The van der Waals surface area contributed by atoms with Crippen LogP contribution in [0, 0.1) is 17.7 Å². The van der Waals surface area contributed by atoms with Crippen LogP contribution in [0.4, 0.5) is 4.39 Å². The standard InChI is InChI=1S/C23H24FN3O3/c1-13(20-6-4-16(11-26-20)29-12-30-23-18-9-19(18)23)27-22(28)7-2-14-10-25-21-5-3-15(24)8-17(14)21/h3-6,8,10-11,13,18-19,23,25H,2,7,9,12H2,1H3,(H,27,28)/t13-,18-,19-/m1/s1. The fourth-order valence-electron chi connectivity index (χ4n) is 3.87. The molecule has 0 bridgehead atoms. The number of rotatable bonds is 9. The number of aryl methyl sites for hydroxylation is 1. The molecule has 2 fully saturated rings. The molecule has 2 heterocycles. The van der Waals surface area contributed by atoms with Crippen LogP contribution in [0.1, 0.15) is 37.1 Å². The summed E-state index contributed by atoms with van der Waals surface area (Å²) in [5.74, 6) is 1.87. The molecule has 1 aromatic carbocycles. The van der Waals surface area contributed by atoms with E-state index >= 15 is 0 Å². The molecule has 2 aliphatic rings. The van der Waals surface area contributed by atoms with Crippen LogP contribution in [0.3, 0.4) is 0 Å². The van der Waals surface area contributed by atoms with Crippen molar-refractivity contribution in [2.75, 3.05) is 6.79 Å². The van der Waals surface area contributed by atoms with E-state index in [1.165, 1.54) is 18.6 Å². The predicted molar refractivity (Wildman–Crippen MR) is 109 cm³/mol. The first kappa shape index (κ1) is 19.1. The molecule has 0 saturated heterocycles. The molecule has 2 N–H and O–H groups in total. The summed E-state index contributed by atoms with van der Waals surface area (Å²) in [6.45, 7) is 2.15. The summed E-state index contributed by atoms with van der Waals surface area (Å²) < 4.78 is 24.7. The van der Waals surface area contributed by atoms with E-state index in [2.05, 4.69) is 15.3 Å². The Labute approximate surface area is 173 Å². The highest BCUT2D eigenvalue weighted by molar-refractivity contribution is 5.84. The van der Waals surface area contributed by atoms with Gasteiger partial charge in [-0.15, -0.1) is 0 Å². The molecule has 30 heavy (non-hydrogen) atoms. The van der Waals surface area contributed by atoms with Crippen molar-refractivity contribution in [2.45, 2.75) is 38.3 Å². The Hall–Kier alpha value is -2.93. The van der Waals surface area contributed by atoms with Gasteiger partial charge in [0, 0.05) is 23.5 Å². The fraction of sp³-hybridized carbons (Fsp3) is 0.391. The number of hydrogen-bond acceptors (Lipinski definition) is 4. The van der Waals surface area contributed by atoms with Gasteiger partial charge in [-0.05, 0) is 67.5 Å². The van der Waals surface area contributed by atoms with Crippen LogP contribution in [-0.4, -0.2) is 28.8 Å². The van der Waals surface area contributed by atoms with Gasteiger partial charge in [-0.25, -0.2) is 4.39 Å². The van der Waals surface area contributed by atoms with Gasteiger partial charge < -0.3 is 19.8 Å². The van der Waals surface area contributed by atoms with Crippen molar-refractivity contribution in [3.05, 3.63) is 59.8 Å². The van der Waals surface area contributed by atoms with Gasteiger partial charge in [0.05, 0.1) is 24.0 Å². The first-order valence-electron chi connectivity index (χ1n) is 10.3. The molecule has 1 amide bonds. The lowest BCUT2D eigenvalue weighted by Crippen LogP contribution is -2.27. The van der Waals surface area contributed by atoms with Crippen LogP contribution in [0.5, 0.6) is 5.75 Å². The Bertz CT molecular complexity index is 1060. The number of pyridine rings is 1. The number of carbonyl (C=O) groups is 1. The third-order valence-electron chi connectivity index (χ3n) is 6.01. The Morgan fingerprint density at radius 1 is 1.33 bits per heavy atom. The van der Waals surface area contributed by atoms with Gasteiger partial charge in [-0.3, -0.25) is 9.78 Å². The van der Waals surface area contributed by atoms with Crippen molar-refractivity contribution in [2.24, 2.45) is 11.8 Å². The zero-order valence-corrected chi connectivity index (χ0v) is 16.7. The number of fused-ring (bicyclic) bond motifs is 2. The Kier molecular flexibility index (Phi) is 4.90. The normalized spacial score (nSPS) is 22.4. The molecule has 0 spiro atoms. The molecule has 0 unspecified atom stereocenters. The molecule has 2 saturated carbocycles. The SMILES string of the molecule is C[C@@H](NC(=O)CCc1c[nH]c2ccc(F)cc12)c1ccc(OCOC2[C@@H]3C[C@@H]23)cn1. The second kappa shape index (κ2) is 7.72. The van der Waals surface area contributed by atoms with Gasteiger partial charge in [0.2, 0.25) is 5.91 Å². The highest BCUT2D eigenvalue weighted by Gasteiger charge is 2.65. The van der Waals surface area contributed by atoms with E-state index in [4.69, 9.17) is 9.47 Å². The average Bonchev–Trinajstić information content (AvgIpc) is 3.62. The van der Waals surface area contributed by atoms with Gasteiger partial charge in [0.1, 0.15) is 11.6 Å². The summed E-state index contributed by atoms with van der Waals surface area (Å²) in [5.41, 5.74) is 2.55. The summed E-state index contributed by atoms with van der Waals surface area (Å²) in [7, 11) is 0. The van der Waals surface area contributed by atoms with Gasteiger partial charge in [-0.2, -0.15) is 0 Å². The number of ether oxygens (including phenoxy) is 2. The molecule has 2 aliphatic carbocycles.